The molecule has 0 aliphatic carbocycles. The maximum atomic E-state index is 12.0. The minimum atomic E-state index is -0.0953. The lowest BCUT2D eigenvalue weighted by molar-refractivity contribution is -0.157. The van der Waals surface area contributed by atoms with Crippen LogP contribution in [0, 0.1) is 17.8 Å². The van der Waals surface area contributed by atoms with Crippen molar-refractivity contribution in [2.24, 2.45) is 17.8 Å². The van der Waals surface area contributed by atoms with Crippen molar-refractivity contribution in [2.75, 3.05) is 0 Å². The molecule has 0 aromatic heterocycles. The van der Waals surface area contributed by atoms with Crippen LogP contribution in [0.1, 0.15) is 67.7 Å². The number of carbonyl (C=O) groups is 1. The Balaban J connectivity index is 5.28. The van der Waals surface area contributed by atoms with Crippen LogP contribution in [0.15, 0.2) is 23.8 Å². The molecule has 2 heteroatoms. The van der Waals surface area contributed by atoms with Gasteiger partial charge in [0.1, 0.15) is 6.10 Å². The molecule has 0 fully saturated rings. The van der Waals surface area contributed by atoms with Gasteiger partial charge >= 0.3 is 5.97 Å². The van der Waals surface area contributed by atoms with Gasteiger partial charge in [0.25, 0.3) is 0 Å². The van der Waals surface area contributed by atoms with Crippen molar-refractivity contribution >= 4 is 5.97 Å². The van der Waals surface area contributed by atoms with Crippen molar-refractivity contribution in [3.63, 3.8) is 0 Å². The molecule has 21 heavy (non-hydrogen) atoms. The normalized spacial score (nSPS) is 14.5. The topological polar surface area (TPSA) is 26.3 Å². The van der Waals surface area contributed by atoms with E-state index in [4.69, 9.17) is 4.74 Å². The molecule has 0 heterocycles. The molecule has 0 saturated carbocycles. The molecule has 0 spiro atoms. The van der Waals surface area contributed by atoms with E-state index in [0.29, 0.717) is 5.92 Å². The van der Waals surface area contributed by atoms with Crippen LogP contribution in [-0.4, -0.2) is 12.1 Å². The van der Waals surface area contributed by atoms with E-state index in [2.05, 4.69) is 45.9 Å². The Morgan fingerprint density at radius 2 is 1.67 bits per heavy atom. The first-order valence-corrected chi connectivity index (χ1v) is 8.38. The predicted octanol–water partition coefficient (Wildman–Crippen LogP) is 5.54. The van der Waals surface area contributed by atoms with Crippen LogP contribution in [0.25, 0.3) is 0 Å². The number of ether oxygens (including phenoxy) is 1. The summed E-state index contributed by atoms with van der Waals surface area (Å²) in [6, 6.07) is 0. The van der Waals surface area contributed by atoms with E-state index in [-0.39, 0.29) is 23.9 Å². The zero-order chi connectivity index (χ0) is 16.4. The highest BCUT2D eigenvalue weighted by atomic mass is 16.5. The fourth-order valence-electron chi connectivity index (χ4n) is 2.37. The van der Waals surface area contributed by atoms with E-state index in [1.54, 1.807) is 0 Å². The van der Waals surface area contributed by atoms with E-state index in [9.17, 15) is 4.79 Å². The van der Waals surface area contributed by atoms with Crippen LogP contribution in [0.5, 0.6) is 0 Å². The van der Waals surface area contributed by atoms with Crippen LogP contribution in [0.2, 0.25) is 0 Å². The second-order valence-electron chi connectivity index (χ2n) is 6.30. The van der Waals surface area contributed by atoms with Crippen molar-refractivity contribution in [2.45, 2.75) is 73.8 Å². The molecule has 0 aromatic carbocycles. The van der Waals surface area contributed by atoms with Crippen LogP contribution < -0.4 is 0 Å². The molecule has 122 valence electrons. The fourth-order valence-corrected chi connectivity index (χ4v) is 2.37. The molecule has 0 aromatic rings. The SMILES string of the molecule is CC=CCC(C=C(CC)CC)C(OC(=O)C(C)C)C(C)C. The molecule has 2 unspecified atom stereocenters. The van der Waals surface area contributed by atoms with Crippen LogP contribution in [0.4, 0.5) is 0 Å². The smallest absolute Gasteiger partial charge is 0.308 e. The molecule has 0 radical (unpaired) electrons. The van der Waals surface area contributed by atoms with Gasteiger partial charge in [-0.2, -0.15) is 0 Å². The van der Waals surface area contributed by atoms with Crippen LogP contribution >= 0.6 is 0 Å². The molecule has 2 nitrogen and oxygen atoms in total. The maximum absolute atomic E-state index is 12.0. The van der Waals surface area contributed by atoms with E-state index in [0.717, 1.165) is 19.3 Å². The molecular formula is C19H34O2. The van der Waals surface area contributed by atoms with Gasteiger partial charge in [0, 0.05) is 5.92 Å². The minimum absolute atomic E-state index is 0.0517. The summed E-state index contributed by atoms with van der Waals surface area (Å²) in [5.74, 6) is 0.407. The maximum Gasteiger partial charge on any atom is 0.308 e. The van der Waals surface area contributed by atoms with Crippen molar-refractivity contribution in [3.05, 3.63) is 23.8 Å². The van der Waals surface area contributed by atoms with Gasteiger partial charge < -0.3 is 4.74 Å². The third-order valence-corrected chi connectivity index (χ3v) is 3.80. The average Bonchev–Trinajstić information content (AvgIpc) is 2.45. The molecule has 0 N–H and O–H groups in total. The average molecular weight is 294 g/mol. The molecular weight excluding hydrogens is 260 g/mol. The largest absolute Gasteiger partial charge is 0.461 e. The zero-order valence-corrected chi connectivity index (χ0v) is 15.0. The number of esters is 1. The Morgan fingerprint density at radius 3 is 2.05 bits per heavy atom. The Hall–Kier alpha value is -1.05. The van der Waals surface area contributed by atoms with Gasteiger partial charge in [0.15, 0.2) is 0 Å². The van der Waals surface area contributed by atoms with E-state index in [1.807, 2.05) is 20.8 Å². The monoisotopic (exact) mass is 294 g/mol. The summed E-state index contributed by atoms with van der Waals surface area (Å²) in [6.07, 6.45) is 9.57. The van der Waals surface area contributed by atoms with E-state index in [1.165, 1.54) is 5.57 Å². The Labute approximate surface area is 131 Å². The molecule has 0 saturated heterocycles. The number of carbonyl (C=O) groups excluding carboxylic acids is 1. The third-order valence-electron chi connectivity index (χ3n) is 3.80. The Bertz CT molecular complexity index is 345. The molecule has 0 amide bonds. The summed E-state index contributed by atoms with van der Waals surface area (Å²) in [4.78, 5) is 12.0. The highest BCUT2D eigenvalue weighted by molar-refractivity contribution is 5.71. The van der Waals surface area contributed by atoms with Crippen LogP contribution in [-0.2, 0) is 9.53 Å². The minimum Gasteiger partial charge on any atom is -0.461 e. The fraction of sp³-hybridized carbons (Fsp3) is 0.737. The lowest BCUT2D eigenvalue weighted by atomic mass is 9.87. The highest BCUT2D eigenvalue weighted by Crippen LogP contribution is 2.26. The standard InChI is InChI=1S/C19H34O2/c1-8-11-12-17(13-16(9-2)10-3)18(14(4)5)21-19(20)15(6)7/h8,11,13-15,17-18H,9-10,12H2,1-7H3. The first-order chi connectivity index (χ1) is 9.87. The molecule has 0 bridgehead atoms. The lowest BCUT2D eigenvalue weighted by Gasteiger charge is -2.29. The summed E-state index contributed by atoms with van der Waals surface area (Å²) in [5, 5.41) is 0. The summed E-state index contributed by atoms with van der Waals surface area (Å²) in [6.45, 7) is 14.4. The predicted molar refractivity (Wildman–Crippen MR) is 91.1 cm³/mol. The number of allylic oxidation sites excluding steroid dienone is 3. The van der Waals surface area contributed by atoms with E-state index < -0.39 is 0 Å². The Kier molecular flexibility index (Phi) is 10.1. The van der Waals surface area contributed by atoms with Gasteiger partial charge in [-0.25, -0.2) is 0 Å². The molecule has 2 atom stereocenters. The highest BCUT2D eigenvalue weighted by Gasteiger charge is 2.27. The second kappa shape index (κ2) is 10.6. The second-order valence-corrected chi connectivity index (χ2v) is 6.30. The van der Waals surface area contributed by atoms with Gasteiger partial charge in [-0.15, -0.1) is 0 Å². The summed E-state index contributed by atoms with van der Waals surface area (Å²) < 4.78 is 5.81. The van der Waals surface area contributed by atoms with Crippen molar-refractivity contribution < 1.29 is 9.53 Å². The lowest BCUT2D eigenvalue weighted by Crippen LogP contribution is -2.32. The van der Waals surface area contributed by atoms with Crippen molar-refractivity contribution in [3.8, 4) is 0 Å². The summed E-state index contributed by atoms with van der Waals surface area (Å²) >= 11 is 0. The molecule has 0 aliphatic rings. The Morgan fingerprint density at radius 1 is 1.10 bits per heavy atom. The summed E-state index contributed by atoms with van der Waals surface area (Å²) in [7, 11) is 0. The van der Waals surface area contributed by atoms with Gasteiger partial charge in [-0.05, 0) is 32.1 Å². The van der Waals surface area contributed by atoms with Gasteiger partial charge in [0.2, 0.25) is 0 Å². The molecule has 0 rings (SSSR count). The summed E-state index contributed by atoms with van der Waals surface area (Å²) in [5.41, 5.74) is 1.44. The van der Waals surface area contributed by atoms with Gasteiger partial charge in [-0.1, -0.05) is 65.3 Å². The molecule has 0 aliphatic heterocycles. The van der Waals surface area contributed by atoms with Gasteiger partial charge in [-0.3, -0.25) is 4.79 Å². The first kappa shape index (κ1) is 19.9. The first-order valence-electron chi connectivity index (χ1n) is 8.38. The van der Waals surface area contributed by atoms with Crippen molar-refractivity contribution in [1.82, 2.24) is 0 Å². The van der Waals surface area contributed by atoms with Gasteiger partial charge in [0.05, 0.1) is 5.92 Å². The zero-order valence-electron chi connectivity index (χ0n) is 15.0. The van der Waals surface area contributed by atoms with Crippen molar-refractivity contribution in [1.29, 1.82) is 0 Å². The van der Waals surface area contributed by atoms with Crippen LogP contribution in [0.3, 0.4) is 0 Å². The number of rotatable bonds is 9. The number of hydrogen-bond acceptors (Lipinski definition) is 2. The third kappa shape index (κ3) is 7.50. The van der Waals surface area contributed by atoms with E-state index >= 15 is 0 Å². The quantitative estimate of drug-likeness (QED) is 0.412. The number of hydrogen-bond donors (Lipinski definition) is 0.